The molecule has 0 spiro atoms. The van der Waals surface area contributed by atoms with Crippen molar-refractivity contribution in [2.45, 2.75) is 5.16 Å². The molecular weight excluding hydrogens is 356 g/mol. The molecule has 0 bridgehead atoms. The molecule has 5 nitrogen and oxygen atoms in total. The van der Waals surface area contributed by atoms with Crippen LogP contribution in [0.1, 0.15) is 5.56 Å². The van der Waals surface area contributed by atoms with E-state index >= 15 is 0 Å². The number of anilines is 1. The lowest BCUT2D eigenvalue weighted by atomic mass is 10.2. The molecule has 1 saturated heterocycles. The summed E-state index contributed by atoms with van der Waals surface area (Å²) in [4.78, 5) is 2.24. The number of aromatic nitrogens is 3. The standard InChI is InChI=1S/C21H22N4OS/c1-3-8-18(9-4-1)10-7-17-27-21-23-22-20(24-13-15-26-16-14-24)25(21)19-11-5-2-6-12-19/h1-12H,13-17H2/b10-7+. The van der Waals surface area contributed by atoms with Crippen LogP contribution in [0.15, 0.2) is 71.9 Å². The minimum atomic E-state index is 0.726. The van der Waals surface area contributed by atoms with Crippen molar-refractivity contribution in [1.29, 1.82) is 0 Å². The number of hydrogen-bond donors (Lipinski definition) is 0. The van der Waals surface area contributed by atoms with Crippen molar-refractivity contribution in [1.82, 2.24) is 14.8 Å². The summed E-state index contributed by atoms with van der Waals surface area (Å²) in [6.45, 7) is 3.13. The van der Waals surface area contributed by atoms with Crippen molar-refractivity contribution in [3.63, 3.8) is 0 Å². The van der Waals surface area contributed by atoms with Gasteiger partial charge in [0.15, 0.2) is 5.16 Å². The van der Waals surface area contributed by atoms with Crippen molar-refractivity contribution in [2.75, 3.05) is 37.0 Å². The van der Waals surface area contributed by atoms with E-state index in [2.05, 4.69) is 56.1 Å². The second-order valence-corrected chi connectivity index (χ2v) is 7.16. The lowest BCUT2D eigenvalue weighted by molar-refractivity contribution is 0.122. The van der Waals surface area contributed by atoms with Crippen molar-refractivity contribution < 1.29 is 4.74 Å². The zero-order valence-corrected chi connectivity index (χ0v) is 15.9. The van der Waals surface area contributed by atoms with Gasteiger partial charge in [0.25, 0.3) is 0 Å². The Morgan fingerprint density at radius 3 is 2.37 bits per heavy atom. The number of hydrogen-bond acceptors (Lipinski definition) is 5. The Morgan fingerprint density at radius 2 is 1.63 bits per heavy atom. The molecule has 1 aromatic heterocycles. The number of nitrogens with zero attached hydrogens (tertiary/aromatic N) is 4. The Bertz CT molecular complexity index is 874. The van der Waals surface area contributed by atoms with Gasteiger partial charge in [-0.05, 0) is 17.7 Å². The van der Waals surface area contributed by atoms with Gasteiger partial charge in [0, 0.05) is 18.8 Å². The van der Waals surface area contributed by atoms with Gasteiger partial charge in [0.2, 0.25) is 5.95 Å². The molecule has 0 unspecified atom stereocenters. The van der Waals surface area contributed by atoms with Gasteiger partial charge >= 0.3 is 0 Å². The number of para-hydroxylation sites is 1. The zero-order valence-electron chi connectivity index (χ0n) is 15.1. The molecule has 0 atom stereocenters. The SMILES string of the molecule is C(=C\c1ccccc1)/CSc1nnc(N2CCOCC2)n1-c1ccccc1. The molecule has 2 aromatic carbocycles. The van der Waals surface area contributed by atoms with Gasteiger partial charge in [-0.2, -0.15) is 0 Å². The Morgan fingerprint density at radius 1 is 0.926 bits per heavy atom. The van der Waals surface area contributed by atoms with Crippen LogP contribution in [-0.2, 0) is 4.74 Å². The van der Waals surface area contributed by atoms with E-state index in [4.69, 9.17) is 4.74 Å². The molecule has 1 fully saturated rings. The summed E-state index contributed by atoms with van der Waals surface area (Å²) in [6, 6.07) is 20.6. The van der Waals surface area contributed by atoms with Crippen LogP contribution in [0.4, 0.5) is 5.95 Å². The van der Waals surface area contributed by atoms with Gasteiger partial charge in [-0.1, -0.05) is 72.4 Å². The van der Waals surface area contributed by atoms with E-state index < -0.39 is 0 Å². The first-order valence-corrected chi connectivity index (χ1v) is 10.1. The topological polar surface area (TPSA) is 43.2 Å². The second kappa shape index (κ2) is 8.88. The minimum absolute atomic E-state index is 0.726. The van der Waals surface area contributed by atoms with E-state index in [-0.39, 0.29) is 0 Å². The molecule has 138 valence electrons. The summed E-state index contributed by atoms with van der Waals surface area (Å²) in [6.07, 6.45) is 4.30. The molecule has 0 saturated carbocycles. The summed E-state index contributed by atoms with van der Waals surface area (Å²) in [5.74, 6) is 1.72. The third kappa shape index (κ3) is 4.40. The smallest absolute Gasteiger partial charge is 0.232 e. The van der Waals surface area contributed by atoms with E-state index in [1.54, 1.807) is 11.8 Å². The third-order valence-electron chi connectivity index (χ3n) is 4.34. The molecule has 0 aliphatic carbocycles. The molecule has 0 amide bonds. The Balaban J connectivity index is 1.55. The van der Waals surface area contributed by atoms with Crippen LogP contribution in [0, 0.1) is 0 Å². The molecule has 0 radical (unpaired) electrons. The maximum Gasteiger partial charge on any atom is 0.232 e. The fourth-order valence-electron chi connectivity index (χ4n) is 3.00. The number of morpholine rings is 1. The number of thioether (sulfide) groups is 1. The van der Waals surface area contributed by atoms with Crippen molar-refractivity contribution in [3.8, 4) is 5.69 Å². The quantitative estimate of drug-likeness (QED) is 0.609. The summed E-state index contributed by atoms with van der Waals surface area (Å²) in [5.41, 5.74) is 2.29. The minimum Gasteiger partial charge on any atom is -0.378 e. The molecule has 4 rings (SSSR count). The highest BCUT2D eigenvalue weighted by molar-refractivity contribution is 7.99. The number of benzene rings is 2. The first-order valence-electron chi connectivity index (χ1n) is 9.10. The van der Waals surface area contributed by atoms with E-state index in [9.17, 15) is 0 Å². The van der Waals surface area contributed by atoms with E-state index in [1.807, 2.05) is 36.4 Å². The fourth-order valence-corrected chi connectivity index (χ4v) is 3.75. The van der Waals surface area contributed by atoms with Gasteiger partial charge in [-0.3, -0.25) is 4.57 Å². The molecule has 0 N–H and O–H groups in total. The van der Waals surface area contributed by atoms with Crippen LogP contribution in [0.5, 0.6) is 0 Å². The zero-order chi connectivity index (χ0) is 18.3. The lowest BCUT2D eigenvalue weighted by Crippen LogP contribution is -2.37. The predicted molar refractivity (Wildman–Crippen MR) is 111 cm³/mol. The average molecular weight is 379 g/mol. The Kier molecular flexibility index (Phi) is 5.86. The van der Waals surface area contributed by atoms with Gasteiger partial charge < -0.3 is 9.64 Å². The number of ether oxygens (including phenoxy) is 1. The van der Waals surface area contributed by atoms with E-state index in [0.717, 1.165) is 48.8 Å². The summed E-state index contributed by atoms with van der Waals surface area (Å²) in [5, 5.41) is 9.87. The average Bonchev–Trinajstić information content (AvgIpc) is 3.17. The molecule has 6 heteroatoms. The summed E-state index contributed by atoms with van der Waals surface area (Å²) < 4.78 is 7.63. The van der Waals surface area contributed by atoms with Gasteiger partial charge in [0.05, 0.1) is 18.9 Å². The summed E-state index contributed by atoms with van der Waals surface area (Å²) >= 11 is 1.69. The molecule has 3 aromatic rings. The normalized spacial score (nSPS) is 14.7. The van der Waals surface area contributed by atoms with Crippen LogP contribution >= 0.6 is 11.8 Å². The van der Waals surface area contributed by atoms with Crippen molar-refractivity contribution in [3.05, 3.63) is 72.3 Å². The maximum atomic E-state index is 5.48. The predicted octanol–water partition coefficient (Wildman–Crippen LogP) is 3.91. The van der Waals surface area contributed by atoms with Crippen LogP contribution in [-0.4, -0.2) is 46.8 Å². The van der Waals surface area contributed by atoms with Crippen molar-refractivity contribution in [2.24, 2.45) is 0 Å². The highest BCUT2D eigenvalue weighted by Gasteiger charge is 2.21. The van der Waals surface area contributed by atoms with Crippen LogP contribution < -0.4 is 4.90 Å². The third-order valence-corrected chi connectivity index (χ3v) is 5.22. The van der Waals surface area contributed by atoms with E-state index in [1.165, 1.54) is 5.56 Å². The Hall–Kier alpha value is -2.57. The highest BCUT2D eigenvalue weighted by Crippen LogP contribution is 2.27. The maximum absolute atomic E-state index is 5.48. The lowest BCUT2D eigenvalue weighted by Gasteiger charge is -2.27. The molecular formula is C21H22N4OS. The monoisotopic (exact) mass is 378 g/mol. The molecule has 2 heterocycles. The fraction of sp³-hybridized carbons (Fsp3) is 0.238. The van der Waals surface area contributed by atoms with Crippen LogP contribution in [0.3, 0.4) is 0 Å². The van der Waals surface area contributed by atoms with Crippen LogP contribution in [0.2, 0.25) is 0 Å². The Labute approximate surface area is 163 Å². The first-order chi connectivity index (χ1) is 13.4. The molecule has 1 aliphatic heterocycles. The first kappa shape index (κ1) is 17.8. The number of rotatable bonds is 6. The van der Waals surface area contributed by atoms with Crippen LogP contribution in [0.25, 0.3) is 11.8 Å². The van der Waals surface area contributed by atoms with Crippen molar-refractivity contribution >= 4 is 23.8 Å². The van der Waals surface area contributed by atoms with Gasteiger partial charge in [-0.25, -0.2) is 0 Å². The summed E-state index contributed by atoms with van der Waals surface area (Å²) in [7, 11) is 0. The molecule has 27 heavy (non-hydrogen) atoms. The largest absolute Gasteiger partial charge is 0.378 e. The molecule has 1 aliphatic rings. The van der Waals surface area contributed by atoms with E-state index in [0.29, 0.717) is 0 Å². The highest BCUT2D eigenvalue weighted by atomic mass is 32.2. The van der Waals surface area contributed by atoms with Gasteiger partial charge in [-0.15, -0.1) is 10.2 Å². The van der Waals surface area contributed by atoms with Gasteiger partial charge in [0.1, 0.15) is 0 Å². The second-order valence-electron chi connectivity index (χ2n) is 6.18.